The molecule has 8 nitrogen and oxygen atoms in total. The van der Waals surface area contributed by atoms with Gasteiger partial charge < -0.3 is 31.9 Å². The summed E-state index contributed by atoms with van der Waals surface area (Å²) in [6.45, 7) is 12.3. The highest BCUT2D eigenvalue weighted by atomic mass is 16.4. The molecule has 0 heterocycles. The van der Waals surface area contributed by atoms with Crippen LogP contribution in [-0.2, 0) is 20.7 Å². The van der Waals surface area contributed by atoms with Gasteiger partial charge in [0.1, 0.15) is 0 Å². The van der Waals surface area contributed by atoms with E-state index >= 15 is 0 Å². The zero-order valence-corrected chi connectivity index (χ0v) is 19.5. The summed E-state index contributed by atoms with van der Waals surface area (Å²) in [6, 6.07) is 16.4. The minimum atomic E-state index is -2.27. The molecule has 0 aliphatic heterocycles. The van der Waals surface area contributed by atoms with Crippen LogP contribution in [0.15, 0.2) is 48.5 Å². The number of aliphatic hydroxyl groups is 2. The molecule has 0 radical (unpaired) electrons. The second-order valence-corrected chi connectivity index (χ2v) is 8.64. The van der Waals surface area contributed by atoms with Crippen LogP contribution in [0.2, 0.25) is 0 Å². The van der Waals surface area contributed by atoms with Gasteiger partial charge in [0.15, 0.2) is 12.2 Å². The summed E-state index contributed by atoms with van der Waals surface area (Å²) >= 11 is 0. The molecule has 2 rings (SSSR count). The Balaban J connectivity index is 0.000000452. The first-order valence-electron chi connectivity index (χ1n) is 10.0. The van der Waals surface area contributed by atoms with Gasteiger partial charge in [0.25, 0.3) is 0 Å². The molecule has 8 N–H and O–H groups in total. The molecule has 0 saturated carbocycles. The van der Waals surface area contributed by atoms with E-state index in [1.165, 1.54) is 22.3 Å². The maximum Gasteiger partial charge on any atom is 0.335 e. The first-order chi connectivity index (χ1) is 14.5. The lowest BCUT2D eigenvalue weighted by molar-refractivity contribution is -0.165. The standard InChI is InChI=1S/2C10H15N.C4H6O6/c2*1-8-6-4-5-7-9(8)10(2,3)11;5-1(3(7)8)2(6)4(9)10/h2*4-7H,11H2,1-3H3;1-2,5-6H,(H,7,8)(H,9,10). The molecule has 8 heteroatoms. The van der Waals surface area contributed by atoms with Crippen molar-refractivity contribution in [2.75, 3.05) is 0 Å². The molecule has 0 spiro atoms. The molecule has 0 amide bonds. The molecule has 0 aliphatic rings. The second kappa shape index (κ2) is 12.3. The first-order valence-corrected chi connectivity index (χ1v) is 10.0. The van der Waals surface area contributed by atoms with Crippen LogP contribution in [0.1, 0.15) is 49.9 Å². The van der Waals surface area contributed by atoms with Crippen LogP contribution in [0, 0.1) is 13.8 Å². The Morgan fingerprint density at radius 3 is 1.09 bits per heavy atom. The zero-order valence-electron chi connectivity index (χ0n) is 19.5. The van der Waals surface area contributed by atoms with Crippen molar-refractivity contribution in [1.29, 1.82) is 0 Å². The van der Waals surface area contributed by atoms with Crippen molar-refractivity contribution in [3.63, 3.8) is 0 Å². The van der Waals surface area contributed by atoms with Gasteiger partial charge in [0.2, 0.25) is 0 Å². The predicted molar refractivity (Wildman–Crippen MR) is 124 cm³/mol. The van der Waals surface area contributed by atoms with Crippen LogP contribution in [0.5, 0.6) is 0 Å². The SMILES string of the molecule is Cc1ccccc1C(C)(C)N.Cc1ccccc1C(C)(C)N.O=C(O)C(O)C(O)C(=O)O. The Labute approximate surface area is 189 Å². The first kappa shape index (κ1) is 29.2. The van der Waals surface area contributed by atoms with Gasteiger partial charge in [0, 0.05) is 11.1 Å². The summed E-state index contributed by atoms with van der Waals surface area (Å²) in [6.07, 6.45) is -4.53. The average molecular weight is 449 g/mol. The molecule has 0 saturated heterocycles. The molecule has 178 valence electrons. The topological polar surface area (TPSA) is 167 Å². The van der Waals surface area contributed by atoms with Crippen molar-refractivity contribution in [2.24, 2.45) is 11.5 Å². The fourth-order valence-electron chi connectivity index (χ4n) is 2.86. The van der Waals surface area contributed by atoms with E-state index in [0.29, 0.717) is 0 Å². The van der Waals surface area contributed by atoms with E-state index in [1.54, 1.807) is 0 Å². The van der Waals surface area contributed by atoms with Crippen molar-refractivity contribution < 1.29 is 30.0 Å². The largest absolute Gasteiger partial charge is 0.479 e. The Hall–Kier alpha value is -2.78. The second-order valence-electron chi connectivity index (χ2n) is 8.64. The number of aliphatic carboxylic acids is 2. The molecule has 0 fully saturated rings. The van der Waals surface area contributed by atoms with Crippen LogP contribution < -0.4 is 11.5 Å². The lowest BCUT2D eigenvalue weighted by atomic mass is 9.92. The summed E-state index contributed by atoms with van der Waals surface area (Å²) < 4.78 is 0. The number of hydrogen-bond donors (Lipinski definition) is 6. The molecule has 0 bridgehead atoms. The zero-order chi connectivity index (χ0) is 25.3. The van der Waals surface area contributed by atoms with Crippen LogP contribution in [-0.4, -0.2) is 44.6 Å². The average Bonchev–Trinajstić information content (AvgIpc) is 2.66. The number of rotatable bonds is 5. The molecule has 2 atom stereocenters. The van der Waals surface area contributed by atoms with E-state index in [1.807, 2.05) is 52.0 Å². The van der Waals surface area contributed by atoms with Gasteiger partial charge in [-0.2, -0.15) is 0 Å². The maximum atomic E-state index is 9.77. The van der Waals surface area contributed by atoms with Gasteiger partial charge in [-0.3, -0.25) is 0 Å². The van der Waals surface area contributed by atoms with Crippen LogP contribution in [0.25, 0.3) is 0 Å². The van der Waals surface area contributed by atoms with E-state index in [2.05, 4.69) is 38.1 Å². The lowest BCUT2D eigenvalue weighted by Gasteiger charge is -2.21. The van der Waals surface area contributed by atoms with Crippen LogP contribution in [0.4, 0.5) is 0 Å². The Kier molecular flexibility index (Phi) is 11.2. The molecule has 2 aromatic carbocycles. The molecule has 2 unspecified atom stereocenters. The van der Waals surface area contributed by atoms with Crippen LogP contribution in [0.3, 0.4) is 0 Å². The summed E-state index contributed by atoms with van der Waals surface area (Å²) in [5.41, 5.74) is 16.5. The van der Waals surface area contributed by atoms with E-state index in [4.69, 9.17) is 31.9 Å². The molecule has 0 aliphatic carbocycles. The van der Waals surface area contributed by atoms with Gasteiger partial charge in [0.05, 0.1) is 0 Å². The van der Waals surface area contributed by atoms with Gasteiger partial charge in [-0.05, 0) is 63.8 Å². The molecule has 32 heavy (non-hydrogen) atoms. The normalized spacial score (nSPS) is 12.9. The summed E-state index contributed by atoms with van der Waals surface area (Å²) in [4.78, 5) is 19.5. The Morgan fingerprint density at radius 2 is 0.938 bits per heavy atom. The number of aliphatic hydroxyl groups excluding tert-OH is 2. The molecule has 2 aromatic rings. The number of carboxylic acids is 2. The van der Waals surface area contributed by atoms with Gasteiger partial charge in [-0.25, -0.2) is 9.59 Å². The monoisotopic (exact) mass is 448 g/mol. The highest BCUT2D eigenvalue weighted by Crippen LogP contribution is 2.20. The summed E-state index contributed by atoms with van der Waals surface area (Å²) in [5, 5.41) is 32.5. The van der Waals surface area contributed by atoms with Gasteiger partial charge in [-0.15, -0.1) is 0 Å². The van der Waals surface area contributed by atoms with Crippen molar-refractivity contribution in [1.82, 2.24) is 0 Å². The van der Waals surface area contributed by atoms with E-state index < -0.39 is 24.1 Å². The number of carboxylic acid groups (broad SMARTS) is 2. The fraction of sp³-hybridized carbons (Fsp3) is 0.417. The van der Waals surface area contributed by atoms with E-state index in [0.717, 1.165) is 0 Å². The predicted octanol–water partition coefficient (Wildman–Crippen LogP) is 2.26. The van der Waals surface area contributed by atoms with Crippen molar-refractivity contribution in [3.8, 4) is 0 Å². The molecular weight excluding hydrogens is 412 g/mol. The number of aryl methyl sites for hydroxylation is 2. The van der Waals surface area contributed by atoms with Crippen molar-refractivity contribution in [2.45, 2.75) is 64.8 Å². The minimum Gasteiger partial charge on any atom is -0.479 e. The lowest BCUT2D eigenvalue weighted by Crippen LogP contribution is -2.39. The third-order valence-electron chi connectivity index (χ3n) is 4.48. The third kappa shape index (κ3) is 10.0. The smallest absolute Gasteiger partial charge is 0.335 e. The third-order valence-corrected chi connectivity index (χ3v) is 4.48. The van der Waals surface area contributed by atoms with E-state index in [9.17, 15) is 9.59 Å². The minimum absolute atomic E-state index is 0.217. The summed E-state index contributed by atoms with van der Waals surface area (Å²) in [5.74, 6) is -3.54. The van der Waals surface area contributed by atoms with E-state index in [-0.39, 0.29) is 11.1 Å². The highest BCUT2D eigenvalue weighted by Gasteiger charge is 2.29. The van der Waals surface area contributed by atoms with Crippen LogP contribution >= 0.6 is 0 Å². The highest BCUT2D eigenvalue weighted by molar-refractivity contribution is 5.83. The number of carbonyl (C=O) groups is 2. The van der Waals surface area contributed by atoms with Gasteiger partial charge in [-0.1, -0.05) is 48.5 Å². The Morgan fingerprint density at radius 1 is 0.688 bits per heavy atom. The van der Waals surface area contributed by atoms with Crippen molar-refractivity contribution in [3.05, 3.63) is 70.8 Å². The fourth-order valence-corrected chi connectivity index (χ4v) is 2.86. The summed E-state index contributed by atoms with van der Waals surface area (Å²) in [7, 11) is 0. The quantitative estimate of drug-likeness (QED) is 0.405. The molecule has 0 aromatic heterocycles. The molecular formula is C24H36N2O6. The number of hydrogen-bond acceptors (Lipinski definition) is 6. The number of benzene rings is 2. The van der Waals surface area contributed by atoms with Crippen molar-refractivity contribution >= 4 is 11.9 Å². The Bertz CT molecular complexity index is 811. The maximum absolute atomic E-state index is 9.77. The number of nitrogens with two attached hydrogens (primary N) is 2. The van der Waals surface area contributed by atoms with Gasteiger partial charge >= 0.3 is 11.9 Å².